The predicted molar refractivity (Wildman–Crippen MR) is 83.3 cm³/mol. The zero-order valence-corrected chi connectivity index (χ0v) is 12.5. The first-order chi connectivity index (χ1) is 9.83. The van der Waals surface area contributed by atoms with Crippen LogP contribution in [-0.2, 0) is 4.74 Å². The largest absolute Gasteiger partial charge is 0.385 e. The minimum absolute atomic E-state index is 0.678. The average Bonchev–Trinajstić information content (AvgIpc) is 2.48. The van der Waals surface area contributed by atoms with Gasteiger partial charge in [-0.1, -0.05) is 18.2 Å². The lowest BCUT2D eigenvalue weighted by molar-refractivity contribution is 0.0550. The zero-order chi connectivity index (χ0) is 13.8. The Morgan fingerprint density at radius 2 is 1.95 bits per heavy atom. The molecule has 2 aliphatic heterocycles. The molecular formula is C17H26N2O. The van der Waals surface area contributed by atoms with Gasteiger partial charge in [-0.15, -0.1) is 0 Å². The molecule has 0 saturated carbocycles. The van der Waals surface area contributed by atoms with Crippen LogP contribution in [-0.4, -0.2) is 44.8 Å². The summed E-state index contributed by atoms with van der Waals surface area (Å²) in [6, 6.07) is 8.78. The lowest BCUT2D eigenvalue weighted by Gasteiger charge is -2.32. The molecule has 20 heavy (non-hydrogen) atoms. The fourth-order valence-electron chi connectivity index (χ4n) is 3.56. The van der Waals surface area contributed by atoms with Gasteiger partial charge in [0.1, 0.15) is 0 Å². The molecule has 0 radical (unpaired) electrons. The Kier molecular flexibility index (Phi) is 4.58. The van der Waals surface area contributed by atoms with Crippen molar-refractivity contribution in [3.63, 3.8) is 0 Å². The van der Waals surface area contributed by atoms with Gasteiger partial charge < -0.3 is 15.0 Å². The van der Waals surface area contributed by atoms with Crippen LogP contribution < -0.4 is 5.32 Å². The molecule has 2 aliphatic rings. The van der Waals surface area contributed by atoms with Gasteiger partial charge in [-0.3, -0.25) is 0 Å². The van der Waals surface area contributed by atoms with Crippen molar-refractivity contribution in [3.05, 3.63) is 29.8 Å². The van der Waals surface area contributed by atoms with E-state index in [0.29, 0.717) is 5.92 Å². The average molecular weight is 274 g/mol. The van der Waals surface area contributed by atoms with Crippen molar-refractivity contribution in [3.8, 4) is 0 Å². The second-order valence-electron chi connectivity index (χ2n) is 6.28. The fraction of sp³-hybridized carbons (Fsp3) is 0.647. The number of hydrogen-bond acceptors (Lipinski definition) is 3. The van der Waals surface area contributed by atoms with Gasteiger partial charge in [0, 0.05) is 44.5 Å². The van der Waals surface area contributed by atoms with Crippen LogP contribution in [0.4, 0.5) is 5.69 Å². The molecule has 0 aliphatic carbocycles. The van der Waals surface area contributed by atoms with Crippen molar-refractivity contribution in [2.45, 2.75) is 25.2 Å². The molecule has 3 rings (SSSR count). The second-order valence-corrected chi connectivity index (χ2v) is 6.28. The molecule has 3 nitrogen and oxygen atoms in total. The van der Waals surface area contributed by atoms with E-state index in [2.05, 4.69) is 41.5 Å². The molecule has 0 aromatic heterocycles. The van der Waals surface area contributed by atoms with Crippen LogP contribution in [0.5, 0.6) is 0 Å². The first kappa shape index (κ1) is 13.9. The van der Waals surface area contributed by atoms with E-state index in [0.717, 1.165) is 25.7 Å². The number of para-hydroxylation sites is 1. The quantitative estimate of drug-likeness (QED) is 0.913. The molecule has 1 aromatic rings. The summed E-state index contributed by atoms with van der Waals surface area (Å²) < 4.78 is 5.45. The second kappa shape index (κ2) is 6.59. The van der Waals surface area contributed by atoms with E-state index in [1.54, 1.807) is 0 Å². The monoisotopic (exact) mass is 274 g/mol. The molecular weight excluding hydrogens is 248 g/mol. The van der Waals surface area contributed by atoms with Gasteiger partial charge in [-0.25, -0.2) is 0 Å². The van der Waals surface area contributed by atoms with Crippen molar-refractivity contribution in [2.24, 2.45) is 5.92 Å². The van der Waals surface area contributed by atoms with E-state index in [1.165, 1.54) is 43.6 Å². The lowest BCUT2D eigenvalue weighted by atomic mass is 9.90. The van der Waals surface area contributed by atoms with E-state index in [4.69, 9.17) is 4.74 Å². The summed E-state index contributed by atoms with van der Waals surface area (Å²) in [5.74, 6) is 1.50. The topological polar surface area (TPSA) is 24.5 Å². The summed E-state index contributed by atoms with van der Waals surface area (Å²) in [5.41, 5.74) is 2.83. The van der Waals surface area contributed by atoms with Crippen LogP contribution in [0.15, 0.2) is 24.3 Å². The van der Waals surface area contributed by atoms with E-state index >= 15 is 0 Å². The number of nitrogens with one attached hydrogen (secondary N) is 1. The Morgan fingerprint density at radius 3 is 2.80 bits per heavy atom. The van der Waals surface area contributed by atoms with Crippen LogP contribution in [0.2, 0.25) is 0 Å². The number of nitrogens with zero attached hydrogens (tertiary/aromatic N) is 1. The van der Waals surface area contributed by atoms with Crippen LogP contribution in [0, 0.1) is 5.92 Å². The van der Waals surface area contributed by atoms with Crippen LogP contribution in [0.25, 0.3) is 0 Å². The minimum Gasteiger partial charge on any atom is -0.385 e. The molecule has 0 spiro atoms. The number of benzene rings is 1. The third kappa shape index (κ3) is 3.33. The maximum Gasteiger partial charge on any atom is 0.0469 e. The Labute approximate surface area is 122 Å². The maximum absolute atomic E-state index is 5.45. The van der Waals surface area contributed by atoms with E-state index < -0.39 is 0 Å². The lowest BCUT2D eigenvalue weighted by Crippen LogP contribution is -2.34. The molecule has 0 amide bonds. The van der Waals surface area contributed by atoms with Gasteiger partial charge in [0.05, 0.1) is 0 Å². The Morgan fingerprint density at radius 1 is 1.15 bits per heavy atom. The first-order valence-corrected chi connectivity index (χ1v) is 7.92. The summed E-state index contributed by atoms with van der Waals surface area (Å²) in [7, 11) is 2.28. The van der Waals surface area contributed by atoms with Crippen molar-refractivity contribution >= 4 is 5.69 Å². The number of anilines is 1. The normalized spacial score (nSPS) is 23.4. The Bertz CT molecular complexity index is 429. The third-order valence-corrected chi connectivity index (χ3v) is 4.65. The number of rotatable bonds is 4. The molecule has 2 heterocycles. The number of hydrogen-bond donors (Lipinski definition) is 1. The van der Waals surface area contributed by atoms with Crippen LogP contribution in [0.3, 0.4) is 0 Å². The number of ether oxygens (including phenoxy) is 1. The third-order valence-electron chi connectivity index (χ3n) is 4.65. The van der Waals surface area contributed by atoms with Crippen molar-refractivity contribution in [1.82, 2.24) is 4.90 Å². The van der Waals surface area contributed by atoms with Crippen molar-refractivity contribution < 1.29 is 4.74 Å². The molecule has 0 bridgehead atoms. The molecule has 110 valence electrons. The predicted octanol–water partition coefficient (Wildman–Crippen LogP) is 2.94. The molecule has 1 atom stereocenters. The Hall–Kier alpha value is -1.06. The highest BCUT2D eigenvalue weighted by Gasteiger charge is 2.22. The van der Waals surface area contributed by atoms with Gasteiger partial charge in [0.25, 0.3) is 0 Å². The first-order valence-electron chi connectivity index (χ1n) is 7.92. The van der Waals surface area contributed by atoms with E-state index in [-0.39, 0.29) is 0 Å². The Balaban J connectivity index is 1.57. The SMILES string of the molecule is CN(CC1CCOCC1)CC1CCNc2ccccc21. The highest BCUT2D eigenvalue weighted by Crippen LogP contribution is 2.32. The van der Waals surface area contributed by atoms with Gasteiger partial charge in [-0.2, -0.15) is 0 Å². The summed E-state index contributed by atoms with van der Waals surface area (Å²) in [6.07, 6.45) is 3.70. The summed E-state index contributed by atoms with van der Waals surface area (Å²) in [5, 5.41) is 3.51. The molecule has 3 heteroatoms. The van der Waals surface area contributed by atoms with Crippen LogP contribution in [0.1, 0.15) is 30.7 Å². The highest BCUT2D eigenvalue weighted by molar-refractivity contribution is 5.54. The molecule has 1 N–H and O–H groups in total. The minimum atomic E-state index is 0.678. The smallest absolute Gasteiger partial charge is 0.0469 e. The molecule has 1 saturated heterocycles. The van der Waals surface area contributed by atoms with Gasteiger partial charge in [0.15, 0.2) is 0 Å². The summed E-state index contributed by atoms with van der Waals surface area (Å²) in [6.45, 7) is 5.40. The highest BCUT2D eigenvalue weighted by atomic mass is 16.5. The van der Waals surface area contributed by atoms with E-state index in [1.807, 2.05) is 0 Å². The van der Waals surface area contributed by atoms with Gasteiger partial charge in [0.2, 0.25) is 0 Å². The molecule has 1 aromatic carbocycles. The van der Waals surface area contributed by atoms with Crippen molar-refractivity contribution in [2.75, 3.05) is 45.2 Å². The van der Waals surface area contributed by atoms with E-state index in [9.17, 15) is 0 Å². The van der Waals surface area contributed by atoms with Crippen LogP contribution >= 0.6 is 0 Å². The number of fused-ring (bicyclic) bond motifs is 1. The fourth-order valence-corrected chi connectivity index (χ4v) is 3.56. The van der Waals surface area contributed by atoms with Gasteiger partial charge in [-0.05, 0) is 43.9 Å². The molecule has 1 unspecified atom stereocenters. The zero-order valence-electron chi connectivity index (χ0n) is 12.5. The summed E-state index contributed by atoms with van der Waals surface area (Å²) in [4.78, 5) is 2.53. The van der Waals surface area contributed by atoms with Gasteiger partial charge >= 0.3 is 0 Å². The maximum atomic E-state index is 5.45. The number of likely N-dealkylation sites (N-methyl/N-ethyl adjacent to an activating group) is 1. The summed E-state index contributed by atoms with van der Waals surface area (Å²) >= 11 is 0. The van der Waals surface area contributed by atoms with Crippen molar-refractivity contribution in [1.29, 1.82) is 0 Å². The molecule has 1 fully saturated rings. The standard InChI is InChI=1S/C17H26N2O/c1-19(12-14-7-10-20-11-8-14)13-15-6-9-18-17-5-3-2-4-16(15)17/h2-5,14-15,18H,6-13H2,1H3.